The third kappa shape index (κ3) is 2.93. The molecule has 4 atom stereocenters. The molecule has 1 saturated carbocycles. The van der Waals surface area contributed by atoms with E-state index >= 15 is 0 Å². The molecule has 3 aliphatic heterocycles. The molecular weight excluding hydrogens is 356 g/mol. The van der Waals surface area contributed by atoms with Gasteiger partial charge in [0.1, 0.15) is 6.04 Å². The highest BCUT2D eigenvalue weighted by Crippen LogP contribution is 2.49. The predicted molar refractivity (Wildman–Crippen MR) is 89.9 cm³/mol. The Bertz CT molecular complexity index is 761. The van der Waals surface area contributed by atoms with Crippen molar-refractivity contribution in [2.75, 3.05) is 13.1 Å². The van der Waals surface area contributed by atoms with Gasteiger partial charge in [-0.1, -0.05) is 5.16 Å². The molecule has 6 nitrogen and oxygen atoms in total. The van der Waals surface area contributed by atoms with Gasteiger partial charge in [0.15, 0.2) is 0 Å². The van der Waals surface area contributed by atoms with Crippen molar-refractivity contribution in [3.8, 4) is 0 Å². The first-order valence-electron chi connectivity index (χ1n) is 9.86. The van der Waals surface area contributed by atoms with Crippen molar-refractivity contribution in [1.29, 1.82) is 0 Å². The summed E-state index contributed by atoms with van der Waals surface area (Å²) in [5.74, 6) is 1.08. The number of halogens is 2. The van der Waals surface area contributed by atoms with Gasteiger partial charge in [-0.2, -0.15) is 0 Å². The summed E-state index contributed by atoms with van der Waals surface area (Å²) in [5.41, 5.74) is 0.473. The number of likely N-dealkylation sites (tertiary alicyclic amines) is 1. The van der Waals surface area contributed by atoms with Crippen LogP contribution in [0.3, 0.4) is 0 Å². The minimum atomic E-state index is -2.68. The van der Waals surface area contributed by atoms with E-state index in [0.717, 1.165) is 37.5 Å². The van der Waals surface area contributed by atoms with Crippen molar-refractivity contribution in [3.05, 3.63) is 17.5 Å². The second-order valence-electron chi connectivity index (χ2n) is 8.47. The van der Waals surface area contributed by atoms with Crippen molar-refractivity contribution in [2.24, 2.45) is 11.8 Å². The standard InChI is InChI=1S/C19H23F2N3O3/c20-18(21)16-7-14(22-27-16)12-8-23(9-12)19(26)15-3-2-13-6-11-5-10(11)1-4-17(25)24(13)15/h7,10-13,15,18H,1-6,8-9H2/t10-,11+,13+,15-/m0/s1. The molecule has 4 fully saturated rings. The van der Waals surface area contributed by atoms with Crippen molar-refractivity contribution < 1.29 is 22.9 Å². The second-order valence-corrected chi connectivity index (χ2v) is 8.47. The van der Waals surface area contributed by atoms with Crippen LogP contribution in [0.1, 0.15) is 62.3 Å². The Balaban J connectivity index is 1.23. The van der Waals surface area contributed by atoms with Crippen LogP contribution in [0.15, 0.2) is 10.6 Å². The van der Waals surface area contributed by atoms with Gasteiger partial charge < -0.3 is 14.3 Å². The van der Waals surface area contributed by atoms with Crippen LogP contribution in [0.2, 0.25) is 0 Å². The Labute approximate surface area is 155 Å². The molecule has 146 valence electrons. The van der Waals surface area contributed by atoms with E-state index in [2.05, 4.69) is 9.68 Å². The van der Waals surface area contributed by atoms with E-state index in [0.29, 0.717) is 25.2 Å². The fourth-order valence-corrected chi connectivity index (χ4v) is 5.13. The van der Waals surface area contributed by atoms with E-state index < -0.39 is 12.2 Å². The van der Waals surface area contributed by atoms with Gasteiger partial charge in [-0.25, -0.2) is 8.78 Å². The van der Waals surface area contributed by atoms with E-state index in [-0.39, 0.29) is 29.8 Å². The van der Waals surface area contributed by atoms with Gasteiger partial charge in [0, 0.05) is 37.5 Å². The zero-order valence-electron chi connectivity index (χ0n) is 15.0. The van der Waals surface area contributed by atoms with Gasteiger partial charge in [-0.15, -0.1) is 0 Å². The molecule has 8 heteroatoms. The van der Waals surface area contributed by atoms with Gasteiger partial charge in [0.25, 0.3) is 6.43 Å². The molecule has 0 aromatic carbocycles. The normalized spacial score (nSPS) is 33.4. The number of carbonyl (C=O) groups excluding carboxylic acids is 2. The lowest BCUT2D eigenvalue weighted by molar-refractivity contribution is -0.148. The minimum absolute atomic E-state index is 0.00685. The van der Waals surface area contributed by atoms with Crippen LogP contribution in [0, 0.1) is 11.8 Å². The van der Waals surface area contributed by atoms with Crippen LogP contribution < -0.4 is 0 Å². The Morgan fingerprint density at radius 3 is 2.74 bits per heavy atom. The summed E-state index contributed by atoms with van der Waals surface area (Å²) in [5, 5.41) is 3.71. The molecule has 5 rings (SSSR count). The Hall–Kier alpha value is -1.99. The molecule has 0 radical (unpaired) electrons. The largest absolute Gasteiger partial charge is 0.355 e. The molecule has 1 aromatic heterocycles. The summed E-state index contributed by atoms with van der Waals surface area (Å²) < 4.78 is 29.9. The van der Waals surface area contributed by atoms with E-state index in [4.69, 9.17) is 0 Å². The molecule has 3 saturated heterocycles. The van der Waals surface area contributed by atoms with Crippen LogP contribution in [-0.4, -0.2) is 51.9 Å². The summed E-state index contributed by atoms with van der Waals surface area (Å²) in [4.78, 5) is 29.2. The zero-order chi connectivity index (χ0) is 18.7. The van der Waals surface area contributed by atoms with Crippen molar-refractivity contribution in [2.45, 2.75) is 63.0 Å². The summed E-state index contributed by atoms with van der Waals surface area (Å²) in [6.07, 6.45) is 2.75. The average Bonchev–Trinajstić information content (AvgIpc) is 2.96. The SMILES string of the molecule is O=C([C@@H]1CC[C@@H]2C[C@H]3C[C@@H]3CCC(=O)N21)N1CC(c2cc(C(F)F)on2)C1. The van der Waals surface area contributed by atoms with Crippen molar-refractivity contribution in [3.63, 3.8) is 0 Å². The number of alkyl halides is 2. The maximum Gasteiger partial charge on any atom is 0.298 e. The van der Waals surface area contributed by atoms with E-state index in [1.165, 1.54) is 12.5 Å². The number of fused-ring (bicyclic) bond motifs is 2. The van der Waals surface area contributed by atoms with Gasteiger partial charge in [0.05, 0.1) is 5.69 Å². The molecule has 27 heavy (non-hydrogen) atoms. The zero-order valence-corrected chi connectivity index (χ0v) is 15.0. The molecule has 2 amide bonds. The number of carbonyl (C=O) groups is 2. The molecule has 1 aromatic rings. The van der Waals surface area contributed by atoms with E-state index in [1.54, 1.807) is 4.90 Å². The van der Waals surface area contributed by atoms with Crippen LogP contribution in [0.25, 0.3) is 0 Å². The molecule has 0 spiro atoms. The highest BCUT2D eigenvalue weighted by molar-refractivity contribution is 5.89. The Kier molecular flexibility index (Phi) is 3.98. The van der Waals surface area contributed by atoms with Crippen LogP contribution in [0.5, 0.6) is 0 Å². The number of rotatable bonds is 3. The number of aromatic nitrogens is 1. The summed E-state index contributed by atoms with van der Waals surface area (Å²) in [7, 11) is 0. The average molecular weight is 379 g/mol. The molecule has 4 aliphatic rings. The van der Waals surface area contributed by atoms with E-state index in [1.807, 2.05) is 4.90 Å². The Morgan fingerprint density at radius 2 is 2.00 bits per heavy atom. The Morgan fingerprint density at radius 1 is 1.19 bits per heavy atom. The lowest BCUT2D eigenvalue weighted by Gasteiger charge is -2.41. The number of amides is 2. The third-order valence-electron chi connectivity index (χ3n) is 6.82. The quantitative estimate of drug-likeness (QED) is 0.810. The van der Waals surface area contributed by atoms with Crippen LogP contribution in [0.4, 0.5) is 8.78 Å². The van der Waals surface area contributed by atoms with Gasteiger partial charge in [0.2, 0.25) is 17.6 Å². The molecule has 4 heterocycles. The van der Waals surface area contributed by atoms with Gasteiger partial charge in [-0.3, -0.25) is 9.59 Å². The van der Waals surface area contributed by atoms with Gasteiger partial charge in [-0.05, 0) is 43.9 Å². The summed E-state index contributed by atoms with van der Waals surface area (Å²) >= 11 is 0. The second kappa shape index (κ2) is 6.27. The van der Waals surface area contributed by atoms with Crippen LogP contribution >= 0.6 is 0 Å². The first-order valence-corrected chi connectivity index (χ1v) is 9.86. The number of hydrogen-bond acceptors (Lipinski definition) is 4. The molecular formula is C19H23F2N3O3. The maximum atomic E-state index is 13.0. The third-order valence-corrected chi connectivity index (χ3v) is 6.82. The number of hydrogen-bond donors (Lipinski definition) is 0. The summed E-state index contributed by atoms with van der Waals surface area (Å²) in [6.45, 7) is 0.893. The topological polar surface area (TPSA) is 66.7 Å². The van der Waals surface area contributed by atoms with Crippen molar-refractivity contribution in [1.82, 2.24) is 15.0 Å². The molecule has 0 unspecified atom stereocenters. The lowest BCUT2D eigenvalue weighted by Crippen LogP contribution is -2.56. The highest BCUT2D eigenvalue weighted by Gasteiger charge is 2.49. The lowest BCUT2D eigenvalue weighted by atomic mass is 9.95. The first kappa shape index (κ1) is 17.1. The molecule has 0 N–H and O–H groups in total. The maximum absolute atomic E-state index is 13.0. The van der Waals surface area contributed by atoms with Crippen LogP contribution in [-0.2, 0) is 9.59 Å². The smallest absolute Gasteiger partial charge is 0.298 e. The fraction of sp³-hybridized carbons (Fsp3) is 0.737. The first-order chi connectivity index (χ1) is 13.0. The van der Waals surface area contributed by atoms with E-state index in [9.17, 15) is 18.4 Å². The van der Waals surface area contributed by atoms with Crippen molar-refractivity contribution >= 4 is 11.8 Å². The molecule has 1 aliphatic carbocycles. The summed E-state index contributed by atoms with van der Waals surface area (Å²) in [6, 6.07) is 1.13. The van der Waals surface area contributed by atoms with Gasteiger partial charge >= 0.3 is 0 Å². The fourth-order valence-electron chi connectivity index (χ4n) is 5.13. The number of nitrogens with zero attached hydrogens (tertiary/aromatic N) is 3. The highest BCUT2D eigenvalue weighted by atomic mass is 19.3. The minimum Gasteiger partial charge on any atom is -0.355 e. The monoisotopic (exact) mass is 379 g/mol. The molecule has 0 bridgehead atoms. The predicted octanol–water partition coefficient (Wildman–Crippen LogP) is 2.72.